The molecule has 2 atom stereocenters. The molecule has 0 amide bonds. The minimum atomic E-state index is 0.0222. The Bertz CT molecular complexity index is 312. The lowest BCUT2D eigenvalue weighted by Gasteiger charge is -2.19. The second-order valence-electron chi connectivity index (χ2n) is 3.62. The maximum Gasteiger partial charge on any atom is 0.133 e. The van der Waals surface area contributed by atoms with Crippen molar-refractivity contribution in [1.29, 1.82) is 0 Å². The van der Waals surface area contributed by atoms with Crippen LogP contribution in [0.25, 0.3) is 0 Å². The van der Waals surface area contributed by atoms with Crippen LogP contribution >= 0.6 is 15.9 Å². The molecule has 2 N–H and O–H groups in total. The second-order valence-corrected chi connectivity index (χ2v) is 4.47. The average molecular weight is 258 g/mol. The lowest BCUT2D eigenvalue weighted by Crippen LogP contribution is -2.33. The van der Waals surface area contributed by atoms with Gasteiger partial charge in [0.15, 0.2) is 0 Å². The first kappa shape index (κ1) is 11.5. The van der Waals surface area contributed by atoms with Gasteiger partial charge in [-0.25, -0.2) is 0 Å². The highest BCUT2D eigenvalue weighted by molar-refractivity contribution is 9.10. The lowest BCUT2D eigenvalue weighted by atomic mass is 10.2. The van der Waals surface area contributed by atoms with E-state index < -0.39 is 0 Å². The minimum absolute atomic E-state index is 0.0222. The van der Waals surface area contributed by atoms with E-state index in [2.05, 4.69) is 15.9 Å². The molecule has 14 heavy (non-hydrogen) atoms. The first-order valence-electron chi connectivity index (χ1n) is 4.69. The van der Waals surface area contributed by atoms with Crippen LogP contribution in [0.15, 0.2) is 22.7 Å². The molecule has 0 aliphatic rings. The van der Waals surface area contributed by atoms with Crippen LogP contribution in [0.2, 0.25) is 0 Å². The van der Waals surface area contributed by atoms with E-state index in [9.17, 15) is 0 Å². The van der Waals surface area contributed by atoms with Gasteiger partial charge in [0, 0.05) is 6.04 Å². The number of rotatable bonds is 3. The molecule has 0 bridgehead atoms. The second kappa shape index (κ2) is 4.80. The summed E-state index contributed by atoms with van der Waals surface area (Å²) in [5.41, 5.74) is 6.93. The van der Waals surface area contributed by atoms with Crippen LogP contribution in [0, 0.1) is 6.92 Å². The maximum atomic E-state index is 5.72. The fourth-order valence-electron chi connectivity index (χ4n) is 1.01. The van der Waals surface area contributed by atoms with Crippen LogP contribution in [-0.2, 0) is 0 Å². The van der Waals surface area contributed by atoms with Crippen LogP contribution in [-0.4, -0.2) is 12.1 Å². The van der Waals surface area contributed by atoms with Gasteiger partial charge in [0.05, 0.1) is 4.47 Å². The molecule has 0 spiro atoms. The van der Waals surface area contributed by atoms with Crippen molar-refractivity contribution in [2.45, 2.75) is 32.9 Å². The smallest absolute Gasteiger partial charge is 0.133 e. The standard InChI is InChI=1S/C11H16BrNO/c1-7-4-5-11(10(12)6-7)14-9(3)8(2)13/h4-6,8-9H,13H2,1-3H3/t8-,9?/m0/s1. The van der Waals surface area contributed by atoms with Gasteiger partial charge < -0.3 is 10.5 Å². The van der Waals surface area contributed by atoms with Gasteiger partial charge in [-0.1, -0.05) is 6.07 Å². The summed E-state index contributed by atoms with van der Waals surface area (Å²) in [4.78, 5) is 0. The molecule has 0 radical (unpaired) electrons. The molecular formula is C11H16BrNO. The molecule has 0 heterocycles. The Hall–Kier alpha value is -0.540. The number of aryl methyl sites for hydroxylation is 1. The number of benzene rings is 1. The van der Waals surface area contributed by atoms with Crippen molar-refractivity contribution >= 4 is 15.9 Å². The van der Waals surface area contributed by atoms with Crippen LogP contribution in [0.1, 0.15) is 19.4 Å². The maximum absolute atomic E-state index is 5.72. The zero-order valence-electron chi connectivity index (χ0n) is 8.75. The monoisotopic (exact) mass is 257 g/mol. The molecule has 0 aliphatic carbocycles. The molecule has 1 rings (SSSR count). The molecule has 0 fully saturated rings. The number of hydrogen-bond donors (Lipinski definition) is 1. The molecule has 78 valence electrons. The molecule has 1 aromatic carbocycles. The van der Waals surface area contributed by atoms with Gasteiger partial charge in [0.25, 0.3) is 0 Å². The summed E-state index contributed by atoms with van der Waals surface area (Å²) in [6.45, 7) is 5.95. The largest absolute Gasteiger partial charge is 0.488 e. The van der Waals surface area contributed by atoms with Gasteiger partial charge in [0.1, 0.15) is 11.9 Å². The van der Waals surface area contributed by atoms with Gasteiger partial charge in [0.2, 0.25) is 0 Å². The van der Waals surface area contributed by atoms with Gasteiger partial charge in [-0.3, -0.25) is 0 Å². The molecule has 0 aromatic heterocycles. The third-order valence-electron chi connectivity index (χ3n) is 2.14. The van der Waals surface area contributed by atoms with Crippen LogP contribution in [0.5, 0.6) is 5.75 Å². The first-order valence-corrected chi connectivity index (χ1v) is 5.48. The van der Waals surface area contributed by atoms with E-state index in [1.807, 2.05) is 39.0 Å². The van der Waals surface area contributed by atoms with E-state index in [1.54, 1.807) is 0 Å². The highest BCUT2D eigenvalue weighted by Crippen LogP contribution is 2.26. The van der Waals surface area contributed by atoms with Crippen molar-refractivity contribution in [1.82, 2.24) is 0 Å². The Morgan fingerprint density at radius 3 is 2.50 bits per heavy atom. The van der Waals surface area contributed by atoms with Gasteiger partial charge >= 0.3 is 0 Å². The SMILES string of the molecule is Cc1ccc(OC(C)[C@H](C)N)c(Br)c1. The first-order chi connectivity index (χ1) is 6.50. The number of nitrogens with two attached hydrogens (primary N) is 1. The Morgan fingerprint density at radius 1 is 1.36 bits per heavy atom. The molecule has 1 unspecified atom stereocenters. The van der Waals surface area contributed by atoms with E-state index >= 15 is 0 Å². The quantitative estimate of drug-likeness (QED) is 0.904. The topological polar surface area (TPSA) is 35.2 Å². The molecule has 3 heteroatoms. The van der Waals surface area contributed by atoms with Gasteiger partial charge in [-0.15, -0.1) is 0 Å². The summed E-state index contributed by atoms with van der Waals surface area (Å²) in [7, 11) is 0. The highest BCUT2D eigenvalue weighted by atomic mass is 79.9. The Balaban J connectivity index is 2.77. The molecule has 2 nitrogen and oxygen atoms in total. The van der Waals surface area contributed by atoms with Crippen molar-refractivity contribution in [2.75, 3.05) is 0 Å². The predicted octanol–water partition coefficient (Wildman–Crippen LogP) is 2.87. The van der Waals surface area contributed by atoms with Gasteiger partial charge in [-0.05, 0) is 54.4 Å². The lowest BCUT2D eigenvalue weighted by molar-refractivity contribution is 0.195. The number of halogens is 1. The van der Waals surface area contributed by atoms with E-state index in [4.69, 9.17) is 10.5 Å². The van der Waals surface area contributed by atoms with Crippen LogP contribution < -0.4 is 10.5 Å². The zero-order valence-corrected chi connectivity index (χ0v) is 10.3. The number of hydrogen-bond acceptors (Lipinski definition) is 2. The highest BCUT2D eigenvalue weighted by Gasteiger charge is 2.10. The van der Waals surface area contributed by atoms with Crippen molar-refractivity contribution in [3.8, 4) is 5.75 Å². The van der Waals surface area contributed by atoms with Crippen molar-refractivity contribution in [3.63, 3.8) is 0 Å². The fraction of sp³-hybridized carbons (Fsp3) is 0.455. The summed E-state index contributed by atoms with van der Waals surface area (Å²) >= 11 is 3.46. The summed E-state index contributed by atoms with van der Waals surface area (Å²) in [5, 5.41) is 0. The van der Waals surface area contributed by atoms with Crippen molar-refractivity contribution < 1.29 is 4.74 Å². The zero-order chi connectivity index (χ0) is 10.7. The van der Waals surface area contributed by atoms with Crippen LogP contribution in [0.4, 0.5) is 0 Å². The molecule has 0 aliphatic heterocycles. The van der Waals surface area contributed by atoms with Crippen LogP contribution in [0.3, 0.4) is 0 Å². The van der Waals surface area contributed by atoms with Crippen molar-refractivity contribution in [2.24, 2.45) is 5.73 Å². The fourth-order valence-corrected chi connectivity index (χ4v) is 1.60. The molecule has 1 aromatic rings. The average Bonchev–Trinajstić information content (AvgIpc) is 2.09. The molecule has 0 saturated heterocycles. The van der Waals surface area contributed by atoms with Gasteiger partial charge in [-0.2, -0.15) is 0 Å². The predicted molar refractivity (Wildman–Crippen MR) is 62.6 cm³/mol. The third-order valence-corrected chi connectivity index (χ3v) is 2.76. The van der Waals surface area contributed by atoms with E-state index in [-0.39, 0.29) is 12.1 Å². The Morgan fingerprint density at radius 2 is 2.00 bits per heavy atom. The van der Waals surface area contributed by atoms with E-state index in [0.717, 1.165) is 10.2 Å². The third kappa shape index (κ3) is 3.00. The molecular weight excluding hydrogens is 242 g/mol. The number of ether oxygens (including phenoxy) is 1. The summed E-state index contributed by atoms with van der Waals surface area (Å²) in [6, 6.07) is 6.04. The van der Waals surface area contributed by atoms with E-state index in [0.29, 0.717) is 0 Å². The Labute approximate surface area is 93.6 Å². The summed E-state index contributed by atoms with van der Waals surface area (Å²) in [5.74, 6) is 0.848. The normalized spacial score (nSPS) is 14.9. The van der Waals surface area contributed by atoms with E-state index in [1.165, 1.54) is 5.56 Å². The molecule has 0 saturated carbocycles. The minimum Gasteiger partial charge on any atom is -0.488 e. The summed E-state index contributed by atoms with van der Waals surface area (Å²) < 4.78 is 6.67. The Kier molecular flexibility index (Phi) is 3.96. The van der Waals surface area contributed by atoms with Crippen molar-refractivity contribution in [3.05, 3.63) is 28.2 Å². The summed E-state index contributed by atoms with van der Waals surface area (Å²) in [6.07, 6.45) is 0.0222.